The van der Waals surface area contributed by atoms with E-state index in [0.29, 0.717) is 0 Å². The van der Waals surface area contributed by atoms with Crippen molar-refractivity contribution in [1.29, 1.82) is 0 Å². The van der Waals surface area contributed by atoms with E-state index in [0.717, 1.165) is 6.42 Å². The monoisotopic (exact) mass is 357 g/mol. The molecule has 0 bridgehead atoms. The molecule has 1 nitrogen and oxygen atoms in total. The quantitative estimate of drug-likeness (QED) is 0.347. The molecule has 0 saturated carbocycles. The minimum Gasteiger partial charge on any atom is -0.354 e. The zero-order valence-corrected chi connectivity index (χ0v) is 15.4. The van der Waals surface area contributed by atoms with Gasteiger partial charge < -0.3 is 4.98 Å². The molecular formula is C27H19N. The predicted molar refractivity (Wildman–Crippen MR) is 119 cm³/mol. The topological polar surface area (TPSA) is 15.8 Å². The number of H-pyrrole nitrogens is 1. The Kier molecular flexibility index (Phi) is 3.30. The summed E-state index contributed by atoms with van der Waals surface area (Å²) in [5.74, 6) is 0. The van der Waals surface area contributed by atoms with Gasteiger partial charge in [-0.3, -0.25) is 0 Å². The van der Waals surface area contributed by atoms with Crippen LogP contribution in [0.5, 0.6) is 0 Å². The first-order valence-corrected chi connectivity index (χ1v) is 9.76. The standard InChI is InChI=1S/C27H19N/c1-2-8-18(9-3-1)21-12-6-10-19-16-20(17-25(19)21)22-13-7-14-24-23-11-4-5-15-26(23)28-27(22)24/h1-15,17,28H,16H2. The van der Waals surface area contributed by atoms with E-state index >= 15 is 0 Å². The van der Waals surface area contributed by atoms with Gasteiger partial charge in [0.1, 0.15) is 0 Å². The number of aromatic nitrogens is 1. The summed E-state index contributed by atoms with van der Waals surface area (Å²) in [6.07, 6.45) is 3.36. The van der Waals surface area contributed by atoms with Crippen LogP contribution < -0.4 is 0 Å². The van der Waals surface area contributed by atoms with Gasteiger partial charge in [-0.1, -0.05) is 84.9 Å². The number of hydrogen-bond donors (Lipinski definition) is 1. The molecule has 0 saturated heterocycles. The van der Waals surface area contributed by atoms with Crippen LogP contribution in [0.2, 0.25) is 0 Å². The van der Waals surface area contributed by atoms with Crippen molar-refractivity contribution in [2.75, 3.05) is 0 Å². The molecule has 1 aliphatic rings. The van der Waals surface area contributed by atoms with Crippen LogP contribution in [0, 0.1) is 0 Å². The fraction of sp³-hybridized carbons (Fsp3) is 0.0370. The third kappa shape index (κ3) is 2.26. The molecule has 5 aromatic rings. The maximum Gasteiger partial charge on any atom is 0.0541 e. The predicted octanol–water partition coefficient (Wildman–Crippen LogP) is 7.08. The summed E-state index contributed by atoms with van der Waals surface area (Å²) in [7, 11) is 0. The molecule has 28 heavy (non-hydrogen) atoms. The molecule has 0 spiro atoms. The molecule has 0 amide bonds. The van der Waals surface area contributed by atoms with E-state index in [1.54, 1.807) is 0 Å². The average molecular weight is 357 g/mol. The minimum atomic E-state index is 0.977. The molecule has 0 aliphatic heterocycles. The van der Waals surface area contributed by atoms with Crippen molar-refractivity contribution >= 4 is 33.5 Å². The lowest BCUT2D eigenvalue weighted by Gasteiger charge is -2.07. The van der Waals surface area contributed by atoms with E-state index in [2.05, 4.69) is 102 Å². The summed E-state index contributed by atoms with van der Waals surface area (Å²) in [6, 6.07) is 32.6. The summed E-state index contributed by atoms with van der Waals surface area (Å²) in [6.45, 7) is 0. The molecule has 0 fully saturated rings. The summed E-state index contributed by atoms with van der Waals surface area (Å²) in [4.78, 5) is 3.66. The Labute approximate surface area is 164 Å². The molecule has 0 unspecified atom stereocenters. The highest BCUT2D eigenvalue weighted by Gasteiger charge is 2.19. The van der Waals surface area contributed by atoms with Crippen molar-refractivity contribution in [1.82, 2.24) is 4.98 Å². The van der Waals surface area contributed by atoms with Gasteiger partial charge in [0.15, 0.2) is 0 Å². The lowest BCUT2D eigenvalue weighted by Crippen LogP contribution is -1.88. The second-order valence-electron chi connectivity index (χ2n) is 7.49. The first-order valence-electron chi connectivity index (χ1n) is 9.76. The Morgan fingerprint density at radius 2 is 1.36 bits per heavy atom. The van der Waals surface area contributed by atoms with E-state index in [-0.39, 0.29) is 0 Å². The molecule has 1 heterocycles. The van der Waals surface area contributed by atoms with E-state index in [9.17, 15) is 0 Å². The molecule has 4 aromatic carbocycles. The molecular weight excluding hydrogens is 338 g/mol. The van der Waals surface area contributed by atoms with Gasteiger partial charge in [0, 0.05) is 21.9 Å². The first kappa shape index (κ1) is 15.5. The van der Waals surface area contributed by atoms with Gasteiger partial charge in [-0.2, -0.15) is 0 Å². The average Bonchev–Trinajstić information content (AvgIpc) is 3.35. The number of rotatable bonds is 2. The van der Waals surface area contributed by atoms with Crippen LogP contribution in [0.15, 0.2) is 91.0 Å². The molecule has 1 N–H and O–H groups in total. The number of para-hydroxylation sites is 2. The van der Waals surface area contributed by atoms with E-state index in [1.807, 2.05) is 0 Å². The zero-order chi connectivity index (χ0) is 18.5. The highest BCUT2D eigenvalue weighted by atomic mass is 14.7. The summed E-state index contributed by atoms with van der Waals surface area (Å²) in [5.41, 5.74) is 10.5. The smallest absolute Gasteiger partial charge is 0.0541 e. The van der Waals surface area contributed by atoms with Crippen LogP contribution in [0.3, 0.4) is 0 Å². The van der Waals surface area contributed by atoms with Crippen molar-refractivity contribution in [2.24, 2.45) is 0 Å². The maximum atomic E-state index is 3.66. The number of benzene rings is 4. The molecule has 0 radical (unpaired) electrons. The number of fused-ring (bicyclic) bond motifs is 4. The molecule has 6 rings (SSSR count). The third-order valence-electron chi connectivity index (χ3n) is 5.87. The largest absolute Gasteiger partial charge is 0.354 e. The van der Waals surface area contributed by atoms with E-state index in [1.165, 1.54) is 55.2 Å². The molecule has 132 valence electrons. The fourth-order valence-corrected chi connectivity index (χ4v) is 4.55. The first-order chi connectivity index (χ1) is 13.9. The van der Waals surface area contributed by atoms with Gasteiger partial charge in [-0.05, 0) is 46.4 Å². The van der Waals surface area contributed by atoms with Crippen LogP contribution >= 0.6 is 0 Å². The lowest BCUT2D eigenvalue weighted by molar-refractivity contribution is 1.32. The van der Waals surface area contributed by atoms with Crippen LogP contribution in [0.25, 0.3) is 44.6 Å². The number of aromatic amines is 1. The number of nitrogens with one attached hydrogen (secondary N) is 1. The fourth-order valence-electron chi connectivity index (χ4n) is 4.55. The maximum absolute atomic E-state index is 3.66. The van der Waals surface area contributed by atoms with Crippen LogP contribution in [0.4, 0.5) is 0 Å². The van der Waals surface area contributed by atoms with E-state index < -0.39 is 0 Å². The third-order valence-corrected chi connectivity index (χ3v) is 5.87. The second kappa shape index (κ2) is 5.97. The van der Waals surface area contributed by atoms with Gasteiger partial charge in [0.2, 0.25) is 0 Å². The van der Waals surface area contributed by atoms with Crippen LogP contribution in [-0.4, -0.2) is 4.98 Å². The number of allylic oxidation sites excluding steroid dienone is 1. The Hall–Kier alpha value is -3.58. The highest BCUT2D eigenvalue weighted by molar-refractivity contribution is 6.12. The van der Waals surface area contributed by atoms with Gasteiger partial charge in [0.25, 0.3) is 0 Å². The molecule has 1 heteroatoms. The summed E-state index contributed by atoms with van der Waals surface area (Å²) < 4.78 is 0. The summed E-state index contributed by atoms with van der Waals surface area (Å²) >= 11 is 0. The van der Waals surface area contributed by atoms with Crippen molar-refractivity contribution in [2.45, 2.75) is 6.42 Å². The molecule has 1 aromatic heterocycles. The number of hydrogen-bond acceptors (Lipinski definition) is 0. The van der Waals surface area contributed by atoms with Gasteiger partial charge in [-0.15, -0.1) is 0 Å². The van der Waals surface area contributed by atoms with Crippen molar-refractivity contribution in [3.63, 3.8) is 0 Å². The Balaban J connectivity index is 1.55. The zero-order valence-electron chi connectivity index (χ0n) is 15.4. The second-order valence-corrected chi connectivity index (χ2v) is 7.49. The Morgan fingerprint density at radius 1 is 0.607 bits per heavy atom. The van der Waals surface area contributed by atoms with Gasteiger partial charge in [-0.25, -0.2) is 0 Å². The molecule has 0 atom stereocenters. The van der Waals surface area contributed by atoms with Crippen molar-refractivity contribution in [3.05, 3.63) is 108 Å². The van der Waals surface area contributed by atoms with Gasteiger partial charge in [0.05, 0.1) is 5.52 Å². The normalized spacial score (nSPS) is 13.1. The summed E-state index contributed by atoms with van der Waals surface area (Å²) in [5, 5.41) is 2.59. The minimum absolute atomic E-state index is 0.977. The van der Waals surface area contributed by atoms with Crippen molar-refractivity contribution < 1.29 is 0 Å². The van der Waals surface area contributed by atoms with E-state index in [4.69, 9.17) is 0 Å². The highest BCUT2D eigenvalue weighted by Crippen LogP contribution is 2.40. The van der Waals surface area contributed by atoms with Crippen LogP contribution in [0.1, 0.15) is 16.7 Å². The SMILES string of the molecule is C1=C(c2cccc3c2[nH]c2ccccc23)Cc2cccc(-c3ccccc3)c21. The Bertz CT molecular complexity index is 1370. The Morgan fingerprint density at radius 3 is 2.29 bits per heavy atom. The van der Waals surface area contributed by atoms with Crippen LogP contribution in [-0.2, 0) is 6.42 Å². The molecule has 1 aliphatic carbocycles. The van der Waals surface area contributed by atoms with Crippen molar-refractivity contribution in [3.8, 4) is 11.1 Å². The van der Waals surface area contributed by atoms with Gasteiger partial charge >= 0.3 is 0 Å². The lowest BCUT2D eigenvalue weighted by atomic mass is 9.97.